The third kappa shape index (κ3) is 2.08. The Morgan fingerprint density at radius 3 is 2.94 bits per heavy atom. The predicted octanol–water partition coefficient (Wildman–Crippen LogP) is 2.22. The molecule has 0 radical (unpaired) electrons. The standard InChI is InChI=1S/C14H18O4/c1-10(17-2)9-14(13(15)16)7-8-18-12-6-4-3-5-11(12)14/h3-6,10H,7-9H2,1-2H3,(H,15,16). The second-order valence-electron chi connectivity index (χ2n) is 4.73. The van der Waals surface area contributed by atoms with E-state index in [0.717, 1.165) is 5.56 Å². The monoisotopic (exact) mass is 250 g/mol. The zero-order valence-electron chi connectivity index (χ0n) is 10.7. The van der Waals surface area contributed by atoms with Crippen LogP contribution >= 0.6 is 0 Å². The highest BCUT2D eigenvalue weighted by Gasteiger charge is 2.45. The zero-order chi connectivity index (χ0) is 13.2. The van der Waals surface area contributed by atoms with Crippen LogP contribution in [-0.4, -0.2) is 30.9 Å². The number of fused-ring (bicyclic) bond motifs is 1. The summed E-state index contributed by atoms with van der Waals surface area (Å²) in [5, 5.41) is 9.67. The van der Waals surface area contributed by atoms with Gasteiger partial charge < -0.3 is 14.6 Å². The molecular weight excluding hydrogens is 232 g/mol. The second kappa shape index (κ2) is 4.98. The maximum Gasteiger partial charge on any atom is 0.314 e. The fourth-order valence-corrected chi connectivity index (χ4v) is 2.55. The number of aliphatic carboxylic acids is 1. The van der Waals surface area contributed by atoms with Gasteiger partial charge in [-0.3, -0.25) is 4.79 Å². The van der Waals surface area contributed by atoms with Gasteiger partial charge in [0.2, 0.25) is 0 Å². The molecule has 1 aliphatic rings. The fraction of sp³-hybridized carbons (Fsp3) is 0.500. The summed E-state index contributed by atoms with van der Waals surface area (Å²) in [6, 6.07) is 7.37. The van der Waals surface area contributed by atoms with E-state index >= 15 is 0 Å². The highest BCUT2D eigenvalue weighted by molar-refractivity contribution is 5.83. The Hall–Kier alpha value is -1.55. The topological polar surface area (TPSA) is 55.8 Å². The number of rotatable bonds is 4. The van der Waals surface area contributed by atoms with Crippen molar-refractivity contribution < 1.29 is 19.4 Å². The molecule has 1 heterocycles. The van der Waals surface area contributed by atoms with Crippen molar-refractivity contribution in [2.24, 2.45) is 0 Å². The summed E-state index contributed by atoms with van der Waals surface area (Å²) in [5.41, 5.74) is -0.141. The molecule has 0 saturated carbocycles. The van der Waals surface area contributed by atoms with Crippen molar-refractivity contribution >= 4 is 5.97 Å². The lowest BCUT2D eigenvalue weighted by Gasteiger charge is -2.36. The number of carboxylic acid groups (broad SMARTS) is 1. The number of ether oxygens (including phenoxy) is 2. The lowest BCUT2D eigenvalue weighted by molar-refractivity contribution is -0.146. The van der Waals surface area contributed by atoms with Crippen molar-refractivity contribution in [3.63, 3.8) is 0 Å². The molecule has 2 atom stereocenters. The quantitative estimate of drug-likeness (QED) is 0.890. The summed E-state index contributed by atoms with van der Waals surface area (Å²) >= 11 is 0. The van der Waals surface area contributed by atoms with Gasteiger partial charge in [0, 0.05) is 19.1 Å². The van der Waals surface area contributed by atoms with Gasteiger partial charge in [-0.1, -0.05) is 18.2 Å². The third-order valence-electron chi connectivity index (χ3n) is 3.64. The number of hydrogen-bond donors (Lipinski definition) is 1. The van der Waals surface area contributed by atoms with Crippen molar-refractivity contribution in [2.75, 3.05) is 13.7 Å². The van der Waals surface area contributed by atoms with E-state index in [0.29, 0.717) is 25.2 Å². The van der Waals surface area contributed by atoms with Crippen molar-refractivity contribution in [3.05, 3.63) is 29.8 Å². The van der Waals surface area contributed by atoms with Crippen LogP contribution in [0.1, 0.15) is 25.3 Å². The Labute approximate surface area is 107 Å². The summed E-state index contributed by atoms with van der Waals surface area (Å²) in [7, 11) is 1.60. The maximum absolute atomic E-state index is 11.8. The van der Waals surface area contributed by atoms with Gasteiger partial charge in [0.1, 0.15) is 11.2 Å². The Kier molecular flexibility index (Phi) is 3.57. The molecule has 1 aromatic carbocycles. The largest absolute Gasteiger partial charge is 0.493 e. The molecule has 1 aliphatic heterocycles. The van der Waals surface area contributed by atoms with Crippen LogP contribution in [0.15, 0.2) is 24.3 Å². The number of benzene rings is 1. The molecule has 4 heteroatoms. The summed E-state index contributed by atoms with van der Waals surface area (Å²) in [5.74, 6) is -0.128. The minimum atomic E-state index is -0.899. The van der Waals surface area contributed by atoms with E-state index in [-0.39, 0.29) is 6.10 Å². The van der Waals surface area contributed by atoms with E-state index in [1.54, 1.807) is 7.11 Å². The third-order valence-corrected chi connectivity index (χ3v) is 3.64. The van der Waals surface area contributed by atoms with Gasteiger partial charge >= 0.3 is 5.97 Å². The van der Waals surface area contributed by atoms with E-state index in [1.807, 2.05) is 31.2 Å². The molecule has 1 N–H and O–H groups in total. The van der Waals surface area contributed by atoms with Crippen LogP contribution in [-0.2, 0) is 14.9 Å². The molecule has 0 bridgehead atoms. The van der Waals surface area contributed by atoms with Crippen LogP contribution in [0.4, 0.5) is 0 Å². The molecule has 0 aromatic heterocycles. The molecule has 0 saturated heterocycles. The first-order chi connectivity index (χ1) is 8.60. The first-order valence-corrected chi connectivity index (χ1v) is 6.08. The molecule has 0 amide bonds. The van der Waals surface area contributed by atoms with Crippen LogP contribution in [0.5, 0.6) is 5.75 Å². The van der Waals surface area contributed by atoms with E-state index in [4.69, 9.17) is 9.47 Å². The number of methoxy groups -OCH3 is 1. The van der Waals surface area contributed by atoms with Crippen molar-refractivity contribution in [1.29, 1.82) is 0 Å². The predicted molar refractivity (Wildman–Crippen MR) is 67.0 cm³/mol. The molecule has 0 spiro atoms. The van der Waals surface area contributed by atoms with E-state index < -0.39 is 11.4 Å². The Bertz CT molecular complexity index is 443. The average Bonchev–Trinajstić information content (AvgIpc) is 2.38. The summed E-state index contributed by atoms with van der Waals surface area (Å²) in [6.45, 7) is 2.32. The minimum Gasteiger partial charge on any atom is -0.493 e. The van der Waals surface area contributed by atoms with Gasteiger partial charge in [-0.15, -0.1) is 0 Å². The average molecular weight is 250 g/mol. The minimum absolute atomic E-state index is 0.104. The Morgan fingerprint density at radius 2 is 2.28 bits per heavy atom. The SMILES string of the molecule is COC(C)CC1(C(=O)O)CCOc2ccccc21. The summed E-state index contributed by atoms with van der Waals surface area (Å²) in [6.07, 6.45) is 0.832. The Balaban J connectivity index is 2.46. The van der Waals surface area contributed by atoms with Crippen molar-refractivity contribution in [1.82, 2.24) is 0 Å². The second-order valence-corrected chi connectivity index (χ2v) is 4.73. The lowest BCUT2D eigenvalue weighted by atomic mass is 9.72. The zero-order valence-corrected chi connectivity index (χ0v) is 10.7. The lowest BCUT2D eigenvalue weighted by Crippen LogP contribution is -2.43. The van der Waals surface area contributed by atoms with Gasteiger partial charge in [0.25, 0.3) is 0 Å². The van der Waals surface area contributed by atoms with Crippen LogP contribution in [0, 0.1) is 0 Å². The number of hydrogen-bond acceptors (Lipinski definition) is 3. The van der Waals surface area contributed by atoms with E-state index in [1.165, 1.54) is 0 Å². The molecule has 4 nitrogen and oxygen atoms in total. The highest BCUT2D eigenvalue weighted by Crippen LogP contribution is 2.42. The highest BCUT2D eigenvalue weighted by atomic mass is 16.5. The molecule has 2 unspecified atom stereocenters. The first kappa shape index (κ1) is 12.9. The maximum atomic E-state index is 11.8. The normalized spacial score (nSPS) is 23.9. The number of para-hydroxylation sites is 1. The smallest absolute Gasteiger partial charge is 0.314 e. The molecule has 0 aliphatic carbocycles. The molecule has 0 fully saturated rings. The molecule has 98 valence electrons. The van der Waals surface area contributed by atoms with Gasteiger partial charge in [-0.25, -0.2) is 0 Å². The molecular formula is C14H18O4. The molecule has 18 heavy (non-hydrogen) atoms. The fourth-order valence-electron chi connectivity index (χ4n) is 2.55. The van der Waals surface area contributed by atoms with Crippen molar-refractivity contribution in [2.45, 2.75) is 31.3 Å². The van der Waals surface area contributed by atoms with Gasteiger partial charge in [0.05, 0.1) is 12.7 Å². The van der Waals surface area contributed by atoms with Crippen molar-refractivity contribution in [3.8, 4) is 5.75 Å². The van der Waals surface area contributed by atoms with Crippen LogP contribution in [0.2, 0.25) is 0 Å². The van der Waals surface area contributed by atoms with E-state index in [9.17, 15) is 9.90 Å². The van der Waals surface area contributed by atoms with Crippen LogP contribution < -0.4 is 4.74 Å². The molecule has 2 rings (SSSR count). The van der Waals surface area contributed by atoms with E-state index in [2.05, 4.69) is 0 Å². The molecule has 1 aromatic rings. The van der Waals surface area contributed by atoms with Gasteiger partial charge in [-0.05, 0) is 19.4 Å². The van der Waals surface area contributed by atoms with Gasteiger partial charge in [-0.2, -0.15) is 0 Å². The number of carboxylic acids is 1. The van der Waals surface area contributed by atoms with Crippen LogP contribution in [0.3, 0.4) is 0 Å². The summed E-state index contributed by atoms with van der Waals surface area (Å²) < 4.78 is 10.8. The first-order valence-electron chi connectivity index (χ1n) is 6.08. The Morgan fingerprint density at radius 1 is 1.56 bits per heavy atom. The number of carbonyl (C=O) groups is 1. The van der Waals surface area contributed by atoms with Crippen LogP contribution in [0.25, 0.3) is 0 Å². The summed E-state index contributed by atoms with van der Waals surface area (Å²) in [4.78, 5) is 11.8. The van der Waals surface area contributed by atoms with Gasteiger partial charge in [0.15, 0.2) is 0 Å².